The van der Waals surface area contributed by atoms with E-state index in [9.17, 15) is 13.2 Å². The third-order valence-corrected chi connectivity index (χ3v) is 6.09. The Hall–Kier alpha value is -3.45. The normalized spacial score (nSPS) is 11.8. The van der Waals surface area contributed by atoms with Crippen LogP contribution in [0.1, 0.15) is 34.8 Å². The molecule has 0 aromatic heterocycles. The fourth-order valence-electron chi connectivity index (χ4n) is 3.16. The van der Waals surface area contributed by atoms with Crippen LogP contribution < -0.4 is 9.73 Å². The van der Waals surface area contributed by atoms with E-state index in [1.165, 1.54) is 16.1 Å². The van der Waals surface area contributed by atoms with E-state index >= 15 is 0 Å². The summed E-state index contributed by atoms with van der Waals surface area (Å²) >= 11 is 0. The zero-order chi connectivity index (χ0) is 23.0. The molecule has 0 spiro atoms. The average Bonchev–Trinajstić information content (AvgIpc) is 2.80. The largest absolute Gasteiger partial charge is 0.271 e. The van der Waals surface area contributed by atoms with Crippen molar-refractivity contribution in [2.75, 3.05) is 10.6 Å². The number of hydrogen-bond donors (Lipinski definition) is 1. The lowest BCUT2D eigenvalue weighted by Gasteiger charge is -2.22. The standard InChI is InChI=1S/C25H27N3O3S/c1-20(13-14-21-9-5-3-6-10-21)26-27-25(29)23-17-15-22(16-18-23)19-28(32(2,30)31)24-11-7-4-8-12-24/h3-12,15-18H,13-14,19H2,1-2H3,(H,27,29)/b26-20-. The number of carbonyl (C=O) groups excluding carboxylic acids is 1. The van der Waals surface area contributed by atoms with Gasteiger partial charge in [-0.05, 0) is 55.2 Å². The molecule has 0 atom stereocenters. The molecule has 0 saturated carbocycles. The fourth-order valence-corrected chi connectivity index (χ4v) is 4.05. The van der Waals surface area contributed by atoms with E-state index < -0.39 is 10.0 Å². The molecule has 0 radical (unpaired) electrons. The molecule has 7 heteroatoms. The van der Waals surface area contributed by atoms with Crippen LogP contribution in [0.4, 0.5) is 5.69 Å². The van der Waals surface area contributed by atoms with Crippen molar-refractivity contribution in [2.45, 2.75) is 26.3 Å². The number of nitrogens with one attached hydrogen (secondary N) is 1. The predicted octanol–water partition coefficient (Wildman–Crippen LogP) is 4.39. The second-order valence-electron chi connectivity index (χ2n) is 7.58. The summed E-state index contributed by atoms with van der Waals surface area (Å²) in [6.07, 6.45) is 2.79. The first-order chi connectivity index (χ1) is 15.3. The number of rotatable bonds is 9. The van der Waals surface area contributed by atoms with Crippen LogP contribution in [-0.2, 0) is 23.0 Å². The Labute approximate surface area is 189 Å². The number of carbonyl (C=O) groups is 1. The number of benzene rings is 3. The van der Waals surface area contributed by atoms with Crippen LogP contribution in [0.2, 0.25) is 0 Å². The molecule has 166 valence electrons. The Morgan fingerprint density at radius 2 is 1.47 bits per heavy atom. The van der Waals surface area contributed by atoms with Crippen molar-refractivity contribution in [3.63, 3.8) is 0 Å². The molecule has 0 aliphatic rings. The molecule has 0 unspecified atom stereocenters. The van der Waals surface area contributed by atoms with Crippen molar-refractivity contribution in [2.24, 2.45) is 5.10 Å². The molecule has 1 N–H and O–H groups in total. The smallest absolute Gasteiger partial charge is 0.267 e. The monoisotopic (exact) mass is 449 g/mol. The van der Waals surface area contributed by atoms with Gasteiger partial charge in [0, 0.05) is 11.3 Å². The van der Waals surface area contributed by atoms with E-state index in [-0.39, 0.29) is 12.5 Å². The third-order valence-electron chi connectivity index (χ3n) is 4.95. The lowest BCUT2D eigenvalue weighted by Crippen LogP contribution is -2.29. The first-order valence-electron chi connectivity index (χ1n) is 10.3. The first kappa shape index (κ1) is 23.2. The highest BCUT2D eigenvalue weighted by Crippen LogP contribution is 2.20. The number of aryl methyl sites for hydroxylation is 1. The summed E-state index contributed by atoms with van der Waals surface area (Å²) in [5.41, 5.74) is 6.48. The molecule has 0 aliphatic heterocycles. The maximum Gasteiger partial charge on any atom is 0.271 e. The molecule has 0 aliphatic carbocycles. The molecule has 0 fully saturated rings. The van der Waals surface area contributed by atoms with Crippen molar-refractivity contribution in [3.8, 4) is 0 Å². The van der Waals surface area contributed by atoms with E-state index in [2.05, 4.69) is 22.7 Å². The summed E-state index contributed by atoms with van der Waals surface area (Å²) in [5, 5.41) is 4.19. The van der Waals surface area contributed by atoms with E-state index in [1.807, 2.05) is 31.2 Å². The Morgan fingerprint density at radius 1 is 0.875 bits per heavy atom. The van der Waals surface area contributed by atoms with Gasteiger partial charge >= 0.3 is 0 Å². The average molecular weight is 450 g/mol. The van der Waals surface area contributed by atoms with E-state index in [0.717, 1.165) is 24.1 Å². The van der Waals surface area contributed by atoms with Gasteiger partial charge in [-0.2, -0.15) is 5.10 Å². The summed E-state index contributed by atoms with van der Waals surface area (Å²) in [4.78, 5) is 12.4. The van der Waals surface area contributed by atoms with Gasteiger partial charge in [0.1, 0.15) is 0 Å². The van der Waals surface area contributed by atoms with Gasteiger partial charge in [-0.1, -0.05) is 60.7 Å². The van der Waals surface area contributed by atoms with Gasteiger partial charge in [0.15, 0.2) is 0 Å². The van der Waals surface area contributed by atoms with Crippen molar-refractivity contribution >= 4 is 27.3 Å². The molecule has 3 rings (SSSR count). The van der Waals surface area contributed by atoms with Crippen LogP contribution in [0, 0.1) is 0 Å². The topological polar surface area (TPSA) is 78.8 Å². The minimum Gasteiger partial charge on any atom is -0.267 e. The summed E-state index contributed by atoms with van der Waals surface area (Å²) in [7, 11) is -3.45. The molecule has 3 aromatic carbocycles. The molecular formula is C25H27N3O3S. The van der Waals surface area contributed by atoms with Crippen LogP contribution in [0.15, 0.2) is 90.0 Å². The lowest BCUT2D eigenvalue weighted by atomic mass is 10.1. The molecule has 1 amide bonds. The third kappa shape index (κ3) is 6.78. The van der Waals surface area contributed by atoms with E-state index in [4.69, 9.17) is 0 Å². The number of amides is 1. The van der Waals surface area contributed by atoms with Gasteiger partial charge < -0.3 is 0 Å². The maximum absolute atomic E-state index is 12.4. The zero-order valence-corrected chi connectivity index (χ0v) is 19.0. The van der Waals surface area contributed by atoms with Crippen molar-refractivity contribution in [1.29, 1.82) is 0 Å². The van der Waals surface area contributed by atoms with Gasteiger partial charge in [0.25, 0.3) is 5.91 Å². The first-order valence-corrected chi connectivity index (χ1v) is 12.2. The number of hydrogen-bond acceptors (Lipinski definition) is 4. The number of para-hydroxylation sites is 1. The predicted molar refractivity (Wildman–Crippen MR) is 129 cm³/mol. The highest BCUT2D eigenvalue weighted by molar-refractivity contribution is 7.92. The van der Waals surface area contributed by atoms with Crippen LogP contribution in [0.25, 0.3) is 0 Å². The summed E-state index contributed by atoms with van der Waals surface area (Å²) in [5.74, 6) is -0.307. The number of hydrazone groups is 1. The lowest BCUT2D eigenvalue weighted by molar-refractivity contribution is 0.0954. The van der Waals surface area contributed by atoms with Crippen LogP contribution in [-0.4, -0.2) is 26.3 Å². The maximum atomic E-state index is 12.4. The minimum absolute atomic E-state index is 0.182. The van der Waals surface area contributed by atoms with Gasteiger partial charge in [-0.15, -0.1) is 0 Å². The van der Waals surface area contributed by atoms with Gasteiger partial charge in [0.2, 0.25) is 10.0 Å². The van der Waals surface area contributed by atoms with Crippen molar-refractivity contribution in [3.05, 3.63) is 102 Å². The van der Waals surface area contributed by atoms with Crippen LogP contribution >= 0.6 is 0 Å². The molecular weight excluding hydrogens is 422 g/mol. The second kappa shape index (κ2) is 10.7. The molecule has 0 saturated heterocycles. The van der Waals surface area contributed by atoms with Gasteiger partial charge in [0.05, 0.1) is 18.5 Å². The highest BCUT2D eigenvalue weighted by Gasteiger charge is 2.17. The minimum atomic E-state index is -3.45. The summed E-state index contributed by atoms with van der Waals surface area (Å²) in [6, 6.07) is 25.9. The summed E-state index contributed by atoms with van der Waals surface area (Å²) in [6.45, 7) is 2.07. The SMILES string of the molecule is C/C(CCc1ccccc1)=N/NC(=O)c1ccc(CN(c2ccccc2)S(C)(=O)=O)cc1. The molecule has 3 aromatic rings. The van der Waals surface area contributed by atoms with Gasteiger partial charge in [-0.25, -0.2) is 13.8 Å². The number of nitrogens with zero attached hydrogens (tertiary/aromatic N) is 2. The Kier molecular flexibility index (Phi) is 7.78. The second-order valence-corrected chi connectivity index (χ2v) is 9.48. The number of sulfonamides is 1. The molecule has 6 nitrogen and oxygen atoms in total. The number of anilines is 1. The fraction of sp³-hybridized carbons (Fsp3) is 0.200. The molecule has 32 heavy (non-hydrogen) atoms. The summed E-state index contributed by atoms with van der Waals surface area (Å²) < 4.78 is 25.8. The van der Waals surface area contributed by atoms with E-state index in [0.29, 0.717) is 11.3 Å². The molecule has 0 bridgehead atoms. The highest BCUT2D eigenvalue weighted by atomic mass is 32.2. The van der Waals surface area contributed by atoms with Crippen LogP contribution in [0.5, 0.6) is 0 Å². The Morgan fingerprint density at radius 3 is 2.06 bits per heavy atom. The van der Waals surface area contributed by atoms with Crippen molar-refractivity contribution in [1.82, 2.24) is 5.43 Å². The molecule has 0 heterocycles. The van der Waals surface area contributed by atoms with Crippen molar-refractivity contribution < 1.29 is 13.2 Å². The van der Waals surface area contributed by atoms with Crippen LogP contribution in [0.3, 0.4) is 0 Å². The Balaban J connectivity index is 1.60. The van der Waals surface area contributed by atoms with Gasteiger partial charge in [-0.3, -0.25) is 9.10 Å². The quantitative estimate of drug-likeness (QED) is 0.389. The zero-order valence-electron chi connectivity index (χ0n) is 18.2. The van der Waals surface area contributed by atoms with E-state index in [1.54, 1.807) is 48.5 Å². The Bertz CT molecular complexity index is 1160.